The molecule has 4 aromatic rings. The van der Waals surface area contributed by atoms with E-state index in [4.69, 9.17) is 9.72 Å². The molecule has 4 rings (SSSR count). The van der Waals surface area contributed by atoms with E-state index in [0.717, 1.165) is 45.0 Å². The fourth-order valence-electron chi connectivity index (χ4n) is 4.25. The lowest BCUT2D eigenvalue weighted by molar-refractivity contribution is 0.0641. The zero-order chi connectivity index (χ0) is 23.4. The van der Waals surface area contributed by atoms with Crippen LogP contribution in [0.1, 0.15) is 28.7 Å². The van der Waals surface area contributed by atoms with Crippen LogP contribution in [-0.2, 0) is 12.0 Å². The molecule has 0 aliphatic heterocycles. The maximum absolute atomic E-state index is 12.2. The van der Waals surface area contributed by atoms with Crippen molar-refractivity contribution >= 4 is 26.8 Å². The van der Waals surface area contributed by atoms with Gasteiger partial charge in [-0.3, -0.25) is 0 Å². The van der Waals surface area contributed by atoms with Gasteiger partial charge < -0.3 is 14.7 Å². The molecule has 0 radical (unpaired) electrons. The summed E-state index contributed by atoms with van der Waals surface area (Å²) in [6.07, 6.45) is 1.25. The van der Waals surface area contributed by atoms with E-state index in [1.165, 1.54) is 5.56 Å². The number of rotatable bonds is 8. The molecule has 3 aromatic carbocycles. The molecule has 1 atom stereocenters. The largest absolute Gasteiger partial charge is 0.481 e. The van der Waals surface area contributed by atoms with Crippen LogP contribution in [0, 0.1) is 0 Å². The minimum Gasteiger partial charge on any atom is -0.481 e. The van der Waals surface area contributed by atoms with E-state index >= 15 is 0 Å². The Balaban J connectivity index is 1.90. The molecule has 33 heavy (non-hydrogen) atoms. The summed E-state index contributed by atoms with van der Waals surface area (Å²) in [4.78, 5) is 7.02. The zero-order valence-corrected chi connectivity index (χ0v) is 20.8. The first-order chi connectivity index (χ1) is 15.9. The number of nitrogens with zero attached hydrogens (tertiary/aromatic N) is 2. The first-order valence-corrected chi connectivity index (χ1v) is 11.8. The highest BCUT2D eigenvalue weighted by Gasteiger charge is 2.34. The number of methoxy groups -OCH3 is 1. The molecular formula is C28H29BrN2O2. The number of aliphatic hydroxyl groups is 1. The molecule has 0 aliphatic carbocycles. The van der Waals surface area contributed by atoms with Gasteiger partial charge in [-0.2, -0.15) is 0 Å². The highest BCUT2D eigenvalue weighted by molar-refractivity contribution is 9.10. The number of halogens is 1. The Hall–Kier alpha value is -2.73. The minimum atomic E-state index is -1.20. The van der Waals surface area contributed by atoms with Gasteiger partial charge in [-0.15, -0.1) is 0 Å². The monoisotopic (exact) mass is 504 g/mol. The summed E-state index contributed by atoms with van der Waals surface area (Å²) in [5.74, 6) is 0.581. The predicted octanol–water partition coefficient (Wildman–Crippen LogP) is 5.78. The van der Waals surface area contributed by atoms with Crippen LogP contribution in [0.25, 0.3) is 10.9 Å². The van der Waals surface area contributed by atoms with Gasteiger partial charge in [0.2, 0.25) is 5.88 Å². The Morgan fingerprint density at radius 3 is 2.27 bits per heavy atom. The van der Waals surface area contributed by atoms with Crippen molar-refractivity contribution in [3.8, 4) is 5.88 Å². The number of pyridine rings is 1. The topological polar surface area (TPSA) is 45.6 Å². The summed E-state index contributed by atoms with van der Waals surface area (Å²) in [5.41, 5.74) is 3.37. The molecule has 0 bridgehead atoms. The maximum Gasteiger partial charge on any atom is 0.217 e. The van der Waals surface area contributed by atoms with Crippen molar-refractivity contribution in [3.05, 3.63) is 106 Å². The van der Waals surface area contributed by atoms with Gasteiger partial charge in [0.15, 0.2) is 0 Å². The number of benzene rings is 3. The van der Waals surface area contributed by atoms with Crippen molar-refractivity contribution in [1.82, 2.24) is 9.88 Å². The maximum atomic E-state index is 12.2. The van der Waals surface area contributed by atoms with Gasteiger partial charge in [-0.05, 0) is 49.8 Å². The molecule has 1 unspecified atom stereocenters. The van der Waals surface area contributed by atoms with E-state index in [-0.39, 0.29) is 0 Å². The second kappa shape index (κ2) is 10.0. The number of fused-ring (bicyclic) bond motifs is 1. The van der Waals surface area contributed by atoms with Crippen LogP contribution < -0.4 is 4.74 Å². The number of hydrogen-bond donors (Lipinski definition) is 1. The lowest BCUT2D eigenvalue weighted by Gasteiger charge is -2.32. The lowest BCUT2D eigenvalue weighted by Crippen LogP contribution is -2.32. The standard InChI is InChI=1S/C28H29BrN2O2/c1-31(2)15-14-28(32,23-12-8-5-9-13-23)25-19-24(29)18-21-17-22(27(33-3)30-26(21)25)16-20-10-6-4-7-11-20/h4-13,17-19,32H,14-16H2,1-3H3. The minimum absolute atomic E-state index is 0.533. The van der Waals surface area contributed by atoms with Crippen molar-refractivity contribution < 1.29 is 9.84 Å². The Morgan fingerprint density at radius 2 is 1.64 bits per heavy atom. The van der Waals surface area contributed by atoms with E-state index in [1.807, 2.05) is 68.7 Å². The first-order valence-electron chi connectivity index (χ1n) is 11.0. The molecule has 4 nitrogen and oxygen atoms in total. The SMILES string of the molecule is COc1nc2c(C(O)(CCN(C)C)c3ccccc3)cc(Br)cc2cc1Cc1ccccc1. The van der Waals surface area contributed by atoms with Crippen LogP contribution in [-0.4, -0.2) is 42.7 Å². The molecule has 0 fully saturated rings. The molecule has 0 spiro atoms. The van der Waals surface area contributed by atoms with Gasteiger partial charge in [0.05, 0.1) is 12.6 Å². The van der Waals surface area contributed by atoms with E-state index < -0.39 is 5.60 Å². The third kappa shape index (κ3) is 5.11. The van der Waals surface area contributed by atoms with Crippen LogP contribution in [0.15, 0.2) is 83.3 Å². The Morgan fingerprint density at radius 1 is 0.970 bits per heavy atom. The summed E-state index contributed by atoms with van der Waals surface area (Å²) in [6.45, 7) is 0.725. The third-order valence-corrected chi connectivity index (χ3v) is 6.43. The lowest BCUT2D eigenvalue weighted by atomic mass is 9.82. The van der Waals surface area contributed by atoms with Gasteiger partial charge in [-0.1, -0.05) is 76.6 Å². The fourth-order valence-corrected chi connectivity index (χ4v) is 4.72. The fraction of sp³-hybridized carbons (Fsp3) is 0.250. The summed E-state index contributed by atoms with van der Waals surface area (Å²) in [5, 5.41) is 13.1. The smallest absolute Gasteiger partial charge is 0.217 e. The Bertz CT molecular complexity index is 1230. The summed E-state index contributed by atoms with van der Waals surface area (Å²) < 4.78 is 6.62. The van der Waals surface area contributed by atoms with Crippen molar-refractivity contribution in [3.63, 3.8) is 0 Å². The van der Waals surface area contributed by atoms with Crippen molar-refractivity contribution in [1.29, 1.82) is 0 Å². The van der Waals surface area contributed by atoms with Crippen LogP contribution >= 0.6 is 15.9 Å². The molecule has 1 heterocycles. The van der Waals surface area contributed by atoms with Gasteiger partial charge >= 0.3 is 0 Å². The van der Waals surface area contributed by atoms with Crippen molar-refractivity contribution in [2.45, 2.75) is 18.4 Å². The molecule has 5 heteroatoms. The molecule has 0 amide bonds. The molecule has 0 saturated heterocycles. The van der Waals surface area contributed by atoms with E-state index in [1.54, 1.807) is 7.11 Å². The second-order valence-corrected chi connectivity index (χ2v) is 9.54. The Kier molecular flexibility index (Phi) is 7.13. The normalized spacial score (nSPS) is 13.3. The molecule has 170 valence electrons. The predicted molar refractivity (Wildman–Crippen MR) is 138 cm³/mol. The quantitative estimate of drug-likeness (QED) is 0.330. The van der Waals surface area contributed by atoms with E-state index in [2.05, 4.69) is 45.1 Å². The van der Waals surface area contributed by atoms with Crippen molar-refractivity contribution in [2.24, 2.45) is 0 Å². The zero-order valence-electron chi connectivity index (χ0n) is 19.3. The third-order valence-electron chi connectivity index (χ3n) is 5.97. The van der Waals surface area contributed by atoms with Crippen LogP contribution in [0.3, 0.4) is 0 Å². The van der Waals surface area contributed by atoms with Crippen LogP contribution in [0.4, 0.5) is 0 Å². The highest BCUT2D eigenvalue weighted by Crippen LogP contribution is 2.40. The molecular weight excluding hydrogens is 476 g/mol. The molecule has 1 N–H and O–H groups in total. The van der Waals surface area contributed by atoms with Gasteiger partial charge in [0.25, 0.3) is 0 Å². The molecule has 1 aromatic heterocycles. The average Bonchev–Trinajstić information content (AvgIpc) is 2.83. The number of hydrogen-bond acceptors (Lipinski definition) is 4. The van der Waals surface area contributed by atoms with Crippen molar-refractivity contribution in [2.75, 3.05) is 27.7 Å². The van der Waals surface area contributed by atoms with E-state index in [0.29, 0.717) is 12.3 Å². The van der Waals surface area contributed by atoms with Gasteiger partial charge in [0, 0.05) is 34.0 Å². The summed E-state index contributed by atoms with van der Waals surface area (Å²) >= 11 is 3.67. The summed E-state index contributed by atoms with van der Waals surface area (Å²) in [6, 6.07) is 26.3. The van der Waals surface area contributed by atoms with Gasteiger partial charge in [0.1, 0.15) is 5.60 Å². The van der Waals surface area contributed by atoms with E-state index in [9.17, 15) is 5.11 Å². The van der Waals surface area contributed by atoms with Crippen LogP contribution in [0.2, 0.25) is 0 Å². The average molecular weight is 505 g/mol. The van der Waals surface area contributed by atoms with Gasteiger partial charge in [-0.25, -0.2) is 4.98 Å². The second-order valence-electron chi connectivity index (χ2n) is 8.62. The van der Waals surface area contributed by atoms with Crippen LogP contribution in [0.5, 0.6) is 5.88 Å². The molecule has 0 aliphatic rings. The first kappa shape index (κ1) is 23.4. The highest BCUT2D eigenvalue weighted by atomic mass is 79.9. The Labute approximate surface area is 204 Å². The number of ether oxygens (including phenoxy) is 1. The summed E-state index contributed by atoms with van der Waals surface area (Å²) in [7, 11) is 5.68. The number of aromatic nitrogens is 1. The molecule has 0 saturated carbocycles.